The third kappa shape index (κ3) is 8.02. The van der Waals surface area contributed by atoms with E-state index in [0.717, 1.165) is 68.7 Å². The lowest BCUT2D eigenvalue weighted by Gasteiger charge is -2.33. The van der Waals surface area contributed by atoms with Crippen molar-refractivity contribution in [3.63, 3.8) is 0 Å². The number of aromatic nitrogens is 2. The van der Waals surface area contributed by atoms with Gasteiger partial charge in [0.25, 0.3) is 5.91 Å². The molecule has 16 heteroatoms. The maximum atomic E-state index is 14.1. The number of hydrogen-bond acceptors (Lipinski definition) is 11. The van der Waals surface area contributed by atoms with Gasteiger partial charge < -0.3 is 55.0 Å². The van der Waals surface area contributed by atoms with E-state index in [1.54, 1.807) is 11.1 Å². The molecule has 5 heterocycles. The molecular weight excluding hydrogens is 817 g/mol. The summed E-state index contributed by atoms with van der Waals surface area (Å²) in [5.41, 5.74) is 7.41. The van der Waals surface area contributed by atoms with E-state index in [9.17, 15) is 19.2 Å². The summed E-state index contributed by atoms with van der Waals surface area (Å²) < 4.78 is 22.2. The molecule has 4 aromatic carbocycles. The summed E-state index contributed by atoms with van der Waals surface area (Å²) >= 11 is 0. The van der Waals surface area contributed by atoms with Crippen molar-refractivity contribution >= 4 is 46.1 Å². The smallest absolute Gasteiger partial charge is 0.407 e. The van der Waals surface area contributed by atoms with Gasteiger partial charge in [-0.25, -0.2) is 14.6 Å². The number of fused-ring (bicyclic) bond motifs is 6. The first kappa shape index (κ1) is 42.5. The Morgan fingerprint density at radius 2 is 1.70 bits per heavy atom. The number of nitrogens with one attached hydrogen (secondary N) is 5. The average Bonchev–Trinajstić information content (AvgIpc) is 4.15. The first-order chi connectivity index (χ1) is 31.0. The van der Waals surface area contributed by atoms with Gasteiger partial charge in [0.1, 0.15) is 36.4 Å². The summed E-state index contributed by atoms with van der Waals surface area (Å²) in [6, 6.07) is 21.7. The maximum Gasteiger partial charge on any atom is 0.407 e. The summed E-state index contributed by atoms with van der Waals surface area (Å²) in [5, 5.41) is 14.8. The molecule has 6 atom stereocenters. The van der Waals surface area contributed by atoms with Crippen molar-refractivity contribution in [3.05, 3.63) is 95.9 Å². The second-order valence-corrected chi connectivity index (χ2v) is 17.1. The van der Waals surface area contributed by atoms with E-state index >= 15 is 0 Å². The van der Waals surface area contributed by atoms with Gasteiger partial charge in [0.05, 0.1) is 55.7 Å². The van der Waals surface area contributed by atoms with E-state index in [2.05, 4.69) is 68.7 Å². The number of anilines is 2. The molecule has 4 amide bonds. The molecule has 4 aliphatic rings. The second-order valence-electron chi connectivity index (χ2n) is 17.1. The topological polar surface area (TPSA) is 188 Å². The summed E-state index contributed by atoms with van der Waals surface area (Å²) in [4.78, 5) is 64.5. The predicted molar refractivity (Wildman–Crippen MR) is 240 cm³/mol. The molecule has 9 rings (SSSR count). The summed E-state index contributed by atoms with van der Waals surface area (Å²) in [6.45, 7) is 7.62. The zero-order chi connectivity index (χ0) is 44.6. The summed E-state index contributed by atoms with van der Waals surface area (Å²) in [7, 11) is 2.57. The van der Waals surface area contributed by atoms with Crippen LogP contribution in [-0.2, 0) is 30.4 Å². The fraction of sp³-hybridized carbons (Fsp3) is 0.396. The van der Waals surface area contributed by atoms with Crippen LogP contribution in [0.15, 0.2) is 79.0 Å². The quantitative estimate of drug-likeness (QED) is 0.0911. The Labute approximate surface area is 371 Å². The van der Waals surface area contributed by atoms with Crippen molar-refractivity contribution in [1.82, 2.24) is 30.4 Å². The minimum absolute atomic E-state index is 0.143. The number of H-pyrrole nitrogens is 1. The van der Waals surface area contributed by atoms with Crippen LogP contribution >= 0.6 is 0 Å². The monoisotopic (exact) mass is 870 g/mol. The number of alkyl carbamates (subject to hydrolysis) is 2. The largest absolute Gasteiger partial charge is 0.488 e. The Balaban J connectivity index is 0.935. The molecular formula is C48H54N8O8. The number of methoxy groups -OCH3 is 2. The number of amides is 4. The molecule has 2 fully saturated rings. The van der Waals surface area contributed by atoms with E-state index < -0.39 is 24.3 Å². The molecule has 1 unspecified atom stereocenters. The van der Waals surface area contributed by atoms with E-state index in [1.807, 2.05) is 56.0 Å². The number of likely N-dealkylation sites (tertiary alicyclic amines) is 2. The fourth-order valence-electron chi connectivity index (χ4n) is 9.68. The standard InChI is InChI=1S/C48H54N8O8/c1-6-63-31-21-38(56(24-31)45(57)40(26(2)3)53-47(59)61-4)44-50-35-17-15-28-20-34-32-16-14-29(19-30(32)25-64-39(34)22-33(28)42(35)52-44)36-23-49-43(51-36)37-13-10-18-55(37)46(58)41(54-48(60)62-5)27-11-8-7-9-12-27/h7-9,11-12,14-17,19-20,22-23,26,31,37-38,40-41,44,50,52H,6,10,13,18,21,24-25H2,1-5H3,(H,49,51)(H,53,59)(H,54,60)/t31-,37-,38-,40-,41+,44?/m0/s1. The molecule has 64 heavy (non-hydrogen) atoms. The van der Waals surface area contributed by atoms with Gasteiger partial charge in [-0.3, -0.25) is 9.59 Å². The highest BCUT2D eigenvalue weighted by Crippen LogP contribution is 2.46. The number of ether oxygens (including phenoxy) is 4. The molecule has 4 aliphatic heterocycles. The lowest BCUT2D eigenvalue weighted by molar-refractivity contribution is -0.136. The van der Waals surface area contributed by atoms with E-state index in [4.69, 9.17) is 23.9 Å². The van der Waals surface area contributed by atoms with Crippen molar-refractivity contribution in [1.29, 1.82) is 0 Å². The Hall–Kier alpha value is -6.81. The van der Waals surface area contributed by atoms with Crippen LogP contribution in [-0.4, -0.2) is 102 Å². The van der Waals surface area contributed by atoms with Gasteiger partial charge in [-0.15, -0.1) is 0 Å². The number of benzene rings is 4. The van der Waals surface area contributed by atoms with Gasteiger partial charge in [-0.05, 0) is 84.0 Å². The number of carbonyl (C=O) groups is 4. The highest BCUT2D eigenvalue weighted by Gasteiger charge is 2.45. The van der Waals surface area contributed by atoms with Crippen molar-refractivity contribution < 1.29 is 38.1 Å². The Morgan fingerprint density at radius 3 is 2.47 bits per heavy atom. The highest BCUT2D eigenvalue weighted by atomic mass is 16.5. The molecule has 0 spiro atoms. The molecule has 0 aliphatic carbocycles. The van der Waals surface area contributed by atoms with Crippen LogP contribution in [0, 0.1) is 5.92 Å². The van der Waals surface area contributed by atoms with Crippen LogP contribution in [0.2, 0.25) is 0 Å². The van der Waals surface area contributed by atoms with Gasteiger partial charge in [0.15, 0.2) is 0 Å². The number of aromatic amines is 1. The third-order valence-electron chi connectivity index (χ3n) is 12.9. The first-order valence-corrected chi connectivity index (χ1v) is 22.0. The molecule has 1 aromatic heterocycles. The first-order valence-electron chi connectivity index (χ1n) is 22.0. The number of hydrogen-bond donors (Lipinski definition) is 5. The van der Waals surface area contributed by atoms with Crippen molar-refractivity contribution in [2.24, 2.45) is 5.92 Å². The molecule has 0 radical (unpaired) electrons. The van der Waals surface area contributed by atoms with Crippen LogP contribution in [0.1, 0.15) is 69.1 Å². The molecule has 5 aromatic rings. The predicted octanol–water partition coefficient (Wildman–Crippen LogP) is 7.10. The normalized spacial score (nSPS) is 20.6. The number of rotatable bonds is 11. The molecule has 2 saturated heterocycles. The van der Waals surface area contributed by atoms with Gasteiger partial charge in [-0.2, -0.15) is 0 Å². The summed E-state index contributed by atoms with van der Waals surface area (Å²) in [6.07, 6.45) is 2.20. The summed E-state index contributed by atoms with van der Waals surface area (Å²) in [5.74, 6) is 0.909. The molecule has 16 nitrogen and oxygen atoms in total. The minimum Gasteiger partial charge on any atom is -0.488 e. The van der Waals surface area contributed by atoms with Crippen molar-refractivity contribution in [2.45, 2.75) is 83.1 Å². The maximum absolute atomic E-state index is 14.1. The third-order valence-corrected chi connectivity index (χ3v) is 12.9. The highest BCUT2D eigenvalue weighted by molar-refractivity contribution is 6.05. The van der Waals surface area contributed by atoms with E-state index in [1.165, 1.54) is 14.2 Å². The zero-order valence-electron chi connectivity index (χ0n) is 36.6. The van der Waals surface area contributed by atoms with Gasteiger partial charge in [-0.1, -0.05) is 62.4 Å². The molecule has 0 saturated carbocycles. The minimum atomic E-state index is -0.897. The number of carbonyl (C=O) groups excluding carboxylic acids is 4. The lowest BCUT2D eigenvalue weighted by atomic mass is 9.92. The fourth-order valence-corrected chi connectivity index (χ4v) is 9.68. The van der Waals surface area contributed by atoms with Gasteiger partial charge in [0.2, 0.25) is 5.91 Å². The van der Waals surface area contributed by atoms with Crippen LogP contribution < -0.4 is 26.0 Å². The Kier molecular flexibility index (Phi) is 11.8. The van der Waals surface area contributed by atoms with Crippen LogP contribution in [0.3, 0.4) is 0 Å². The number of nitrogens with zero attached hydrogens (tertiary/aromatic N) is 3. The second kappa shape index (κ2) is 17.8. The Bertz CT molecular complexity index is 2580. The molecule has 0 bridgehead atoms. The molecule has 5 N–H and O–H groups in total. The zero-order valence-corrected chi connectivity index (χ0v) is 36.6. The Morgan fingerprint density at radius 1 is 0.906 bits per heavy atom. The SMILES string of the molecule is CCO[C@H]1C[C@@H](C2Nc3ccc4cc5c(cc4c3N2)OCc2cc(-c3cnc([C@@H]4CCCN4C(=O)[C@H](NC(=O)OC)c4ccccc4)[nH]3)ccc2-5)N(C(=O)[C@@H](NC(=O)OC)C(C)C)C1. The van der Waals surface area contributed by atoms with Gasteiger partial charge >= 0.3 is 12.2 Å². The van der Waals surface area contributed by atoms with Crippen molar-refractivity contribution in [3.8, 4) is 28.1 Å². The van der Waals surface area contributed by atoms with Crippen molar-refractivity contribution in [2.75, 3.05) is 44.5 Å². The number of imidazole rings is 1. The van der Waals surface area contributed by atoms with E-state index in [0.29, 0.717) is 44.1 Å². The lowest BCUT2D eigenvalue weighted by Crippen LogP contribution is -2.56. The molecule has 334 valence electrons. The average molecular weight is 871 g/mol. The van der Waals surface area contributed by atoms with Crippen LogP contribution in [0.5, 0.6) is 5.75 Å². The van der Waals surface area contributed by atoms with Crippen LogP contribution in [0.4, 0.5) is 21.0 Å². The van der Waals surface area contributed by atoms with Crippen LogP contribution in [0.25, 0.3) is 33.2 Å². The van der Waals surface area contributed by atoms with E-state index in [-0.39, 0.29) is 42.1 Å². The van der Waals surface area contributed by atoms with Gasteiger partial charge in [0, 0.05) is 30.6 Å².